The van der Waals surface area contributed by atoms with Gasteiger partial charge in [0.2, 0.25) is 0 Å². The average Bonchev–Trinajstić information content (AvgIpc) is 2.50. The fraction of sp³-hybridized carbons (Fsp3) is 0.333. The third kappa shape index (κ3) is 4.64. The van der Waals surface area contributed by atoms with Gasteiger partial charge < -0.3 is 5.32 Å². The number of aryl methyl sites for hydroxylation is 1. The Labute approximate surface area is 125 Å². The minimum atomic E-state index is -0.793. The summed E-state index contributed by atoms with van der Waals surface area (Å²) in [6.45, 7) is 2.82. The van der Waals surface area contributed by atoms with E-state index in [4.69, 9.17) is 0 Å². The van der Waals surface area contributed by atoms with Crippen molar-refractivity contribution in [3.8, 4) is 0 Å². The van der Waals surface area contributed by atoms with E-state index in [1.165, 1.54) is 17.7 Å². The van der Waals surface area contributed by atoms with Crippen LogP contribution < -0.4 is 5.32 Å². The summed E-state index contributed by atoms with van der Waals surface area (Å²) in [5, 5.41) is 3.34. The van der Waals surface area contributed by atoms with Gasteiger partial charge in [0.05, 0.1) is 0 Å². The Balaban J connectivity index is 1.97. The standard InChI is InChI=1S/C18H21F2N/c1-2-21-18(15-11-12-16(19)17(20)13-15)10-6-9-14-7-4-3-5-8-14/h3-5,7-8,11-13,18,21H,2,6,9-10H2,1H3. The second-order valence-corrected chi connectivity index (χ2v) is 5.16. The fourth-order valence-corrected chi connectivity index (χ4v) is 2.52. The van der Waals surface area contributed by atoms with Crippen LogP contribution in [0.5, 0.6) is 0 Å². The van der Waals surface area contributed by atoms with Crippen LogP contribution in [-0.4, -0.2) is 6.54 Å². The lowest BCUT2D eigenvalue weighted by Crippen LogP contribution is -2.21. The van der Waals surface area contributed by atoms with Crippen LogP contribution in [-0.2, 0) is 6.42 Å². The Morgan fingerprint density at radius 1 is 1.00 bits per heavy atom. The predicted molar refractivity (Wildman–Crippen MR) is 82.2 cm³/mol. The first-order chi connectivity index (χ1) is 10.2. The first kappa shape index (κ1) is 15.6. The number of hydrogen-bond donors (Lipinski definition) is 1. The van der Waals surface area contributed by atoms with Crippen LogP contribution in [0.1, 0.15) is 36.9 Å². The third-order valence-electron chi connectivity index (χ3n) is 3.60. The zero-order valence-corrected chi connectivity index (χ0v) is 12.3. The number of benzene rings is 2. The molecule has 1 nitrogen and oxygen atoms in total. The lowest BCUT2D eigenvalue weighted by molar-refractivity contribution is 0.480. The highest BCUT2D eigenvalue weighted by Gasteiger charge is 2.12. The Morgan fingerprint density at radius 2 is 1.76 bits per heavy atom. The van der Waals surface area contributed by atoms with E-state index in [1.807, 2.05) is 25.1 Å². The SMILES string of the molecule is CCNC(CCCc1ccccc1)c1ccc(F)c(F)c1. The van der Waals surface area contributed by atoms with Gasteiger partial charge in [0.15, 0.2) is 11.6 Å². The topological polar surface area (TPSA) is 12.0 Å². The molecule has 0 aliphatic carbocycles. The Morgan fingerprint density at radius 3 is 2.43 bits per heavy atom. The Bertz CT molecular complexity index is 554. The van der Waals surface area contributed by atoms with Gasteiger partial charge in [-0.3, -0.25) is 0 Å². The van der Waals surface area contributed by atoms with Crippen LogP contribution in [0.4, 0.5) is 8.78 Å². The van der Waals surface area contributed by atoms with Crippen LogP contribution in [0.3, 0.4) is 0 Å². The molecule has 112 valence electrons. The molecule has 0 saturated heterocycles. The summed E-state index contributed by atoms with van der Waals surface area (Å²) in [5.74, 6) is -1.57. The Kier molecular flexibility index (Phi) is 5.88. The smallest absolute Gasteiger partial charge is 0.159 e. The van der Waals surface area contributed by atoms with Crippen molar-refractivity contribution >= 4 is 0 Å². The maximum atomic E-state index is 13.4. The zero-order valence-electron chi connectivity index (χ0n) is 12.3. The predicted octanol–water partition coefficient (Wildman–Crippen LogP) is 4.64. The van der Waals surface area contributed by atoms with E-state index in [9.17, 15) is 8.78 Å². The molecule has 0 fully saturated rings. The molecule has 0 aliphatic heterocycles. The summed E-state index contributed by atoms with van der Waals surface area (Å²) in [5.41, 5.74) is 2.11. The molecule has 0 heterocycles. The summed E-state index contributed by atoms with van der Waals surface area (Å²) >= 11 is 0. The van der Waals surface area contributed by atoms with E-state index in [0.29, 0.717) is 0 Å². The molecular weight excluding hydrogens is 268 g/mol. The van der Waals surface area contributed by atoms with Crippen molar-refractivity contribution in [1.29, 1.82) is 0 Å². The lowest BCUT2D eigenvalue weighted by Gasteiger charge is -2.18. The maximum Gasteiger partial charge on any atom is 0.159 e. The zero-order chi connectivity index (χ0) is 15.1. The molecule has 0 radical (unpaired) electrons. The van der Waals surface area contributed by atoms with Gasteiger partial charge >= 0.3 is 0 Å². The normalized spacial score (nSPS) is 12.3. The molecule has 0 saturated carbocycles. The average molecular weight is 289 g/mol. The van der Waals surface area contributed by atoms with Crippen molar-refractivity contribution in [3.63, 3.8) is 0 Å². The van der Waals surface area contributed by atoms with E-state index >= 15 is 0 Å². The molecule has 1 N–H and O–H groups in total. The molecule has 2 aromatic rings. The maximum absolute atomic E-state index is 13.4. The van der Waals surface area contributed by atoms with Crippen molar-refractivity contribution in [2.75, 3.05) is 6.54 Å². The number of halogens is 2. The second-order valence-electron chi connectivity index (χ2n) is 5.16. The largest absolute Gasteiger partial charge is 0.310 e. The summed E-state index contributed by atoms with van der Waals surface area (Å²) in [6, 6.07) is 14.5. The van der Waals surface area contributed by atoms with Crippen LogP contribution in [0.2, 0.25) is 0 Å². The molecule has 0 aliphatic rings. The highest BCUT2D eigenvalue weighted by Crippen LogP contribution is 2.21. The molecule has 1 unspecified atom stereocenters. The van der Waals surface area contributed by atoms with Gasteiger partial charge in [0.1, 0.15) is 0 Å². The van der Waals surface area contributed by atoms with Crippen LogP contribution >= 0.6 is 0 Å². The molecule has 0 aromatic heterocycles. The summed E-state index contributed by atoms with van der Waals surface area (Å²) in [6.07, 6.45) is 2.89. The molecular formula is C18H21F2N. The van der Waals surface area contributed by atoms with E-state index in [0.717, 1.165) is 31.4 Å². The van der Waals surface area contributed by atoms with E-state index in [2.05, 4.69) is 17.4 Å². The highest BCUT2D eigenvalue weighted by molar-refractivity contribution is 5.21. The van der Waals surface area contributed by atoms with E-state index in [1.54, 1.807) is 6.07 Å². The highest BCUT2D eigenvalue weighted by atomic mass is 19.2. The second kappa shape index (κ2) is 7.89. The van der Waals surface area contributed by atoms with E-state index in [-0.39, 0.29) is 6.04 Å². The summed E-state index contributed by atoms with van der Waals surface area (Å²) in [7, 11) is 0. The van der Waals surface area contributed by atoms with Gasteiger partial charge in [-0.2, -0.15) is 0 Å². The van der Waals surface area contributed by atoms with Crippen LogP contribution in [0.25, 0.3) is 0 Å². The molecule has 2 aromatic carbocycles. The molecule has 2 rings (SSSR count). The van der Waals surface area contributed by atoms with Crippen molar-refractivity contribution < 1.29 is 8.78 Å². The van der Waals surface area contributed by atoms with Crippen molar-refractivity contribution in [3.05, 3.63) is 71.3 Å². The number of rotatable bonds is 7. The van der Waals surface area contributed by atoms with Gasteiger partial charge in [-0.1, -0.05) is 43.3 Å². The number of nitrogens with one attached hydrogen (secondary N) is 1. The minimum absolute atomic E-state index is 0.0637. The monoisotopic (exact) mass is 289 g/mol. The molecule has 0 bridgehead atoms. The Hall–Kier alpha value is -1.74. The molecule has 0 spiro atoms. The molecule has 0 amide bonds. The van der Waals surface area contributed by atoms with Gasteiger partial charge in [0.25, 0.3) is 0 Å². The van der Waals surface area contributed by atoms with Crippen molar-refractivity contribution in [2.45, 2.75) is 32.2 Å². The molecule has 3 heteroatoms. The molecule has 1 atom stereocenters. The van der Waals surface area contributed by atoms with Gasteiger partial charge in [-0.15, -0.1) is 0 Å². The summed E-state index contributed by atoms with van der Waals surface area (Å²) in [4.78, 5) is 0. The van der Waals surface area contributed by atoms with Crippen LogP contribution in [0.15, 0.2) is 48.5 Å². The fourth-order valence-electron chi connectivity index (χ4n) is 2.52. The number of hydrogen-bond acceptors (Lipinski definition) is 1. The lowest BCUT2D eigenvalue weighted by atomic mass is 9.99. The quantitative estimate of drug-likeness (QED) is 0.783. The van der Waals surface area contributed by atoms with Gasteiger partial charge in [-0.25, -0.2) is 8.78 Å². The van der Waals surface area contributed by atoms with Crippen molar-refractivity contribution in [1.82, 2.24) is 5.32 Å². The first-order valence-corrected chi connectivity index (χ1v) is 7.43. The first-order valence-electron chi connectivity index (χ1n) is 7.43. The minimum Gasteiger partial charge on any atom is -0.310 e. The third-order valence-corrected chi connectivity index (χ3v) is 3.60. The van der Waals surface area contributed by atoms with E-state index < -0.39 is 11.6 Å². The summed E-state index contributed by atoms with van der Waals surface area (Å²) < 4.78 is 26.4. The van der Waals surface area contributed by atoms with Crippen molar-refractivity contribution in [2.24, 2.45) is 0 Å². The van der Waals surface area contributed by atoms with Gasteiger partial charge in [0, 0.05) is 6.04 Å². The van der Waals surface area contributed by atoms with Crippen LogP contribution in [0, 0.1) is 11.6 Å². The van der Waals surface area contributed by atoms with Gasteiger partial charge in [-0.05, 0) is 49.1 Å². The molecule has 21 heavy (non-hydrogen) atoms.